The SMILES string of the molecule is COc1c(O)c(CN2CC[CH-]CC2)c(O)c2c(=O)cc(-c3ccccc3)oc12.[Y]. The van der Waals surface area contributed by atoms with Crippen LogP contribution in [0.25, 0.3) is 22.3 Å². The molecule has 1 aromatic heterocycles. The summed E-state index contributed by atoms with van der Waals surface area (Å²) in [6.45, 7) is 2.00. The molecule has 0 unspecified atom stereocenters. The van der Waals surface area contributed by atoms with Gasteiger partial charge in [0, 0.05) is 50.9 Å². The Morgan fingerprint density at radius 2 is 1.83 bits per heavy atom. The van der Waals surface area contributed by atoms with Crippen LogP contribution in [0.2, 0.25) is 0 Å². The first-order chi connectivity index (χ1) is 13.6. The molecule has 2 aromatic carbocycles. The molecule has 149 valence electrons. The minimum Gasteiger partial charge on any atom is -0.507 e. The smallest absolute Gasteiger partial charge is 0.205 e. The molecule has 3 aromatic rings. The van der Waals surface area contributed by atoms with E-state index in [1.54, 1.807) is 0 Å². The van der Waals surface area contributed by atoms with Gasteiger partial charge in [0.15, 0.2) is 16.8 Å². The van der Waals surface area contributed by atoms with Gasteiger partial charge >= 0.3 is 0 Å². The Morgan fingerprint density at radius 3 is 2.48 bits per heavy atom. The van der Waals surface area contributed by atoms with Crippen molar-refractivity contribution in [3.8, 4) is 28.6 Å². The molecule has 0 spiro atoms. The molecule has 1 radical (unpaired) electrons. The van der Waals surface area contributed by atoms with Crippen molar-refractivity contribution in [3.63, 3.8) is 0 Å². The van der Waals surface area contributed by atoms with Crippen molar-refractivity contribution in [1.29, 1.82) is 0 Å². The summed E-state index contributed by atoms with van der Waals surface area (Å²) in [6, 6.07) is 10.5. The van der Waals surface area contributed by atoms with Gasteiger partial charge in [0.05, 0.1) is 12.7 Å². The fraction of sp³-hybridized carbons (Fsp3) is 0.273. The second-order valence-corrected chi connectivity index (χ2v) is 6.90. The van der Waals surface area contributed by atoms with E-state index in [-0.39, 0.29) is 71.9 Å². The number of benzene rings is 2. The number of hydrogen-bond acceptors (Lipinski definition) is 6. The molecular formula is C22H22NO5Y-. The van der Waals surface area contributed by atoms with Crippen LogP contribution in [-0.4, -0.2) is 35.3 Å². The standard InChI is InChI=1S/C22H22NO5.Y/c1-27-22-20(26)15(13-23-10-6-3-7-11-23)19(25)18-16(24)12-17(28-21(18)22)14-8-4-2-5-9-14;/h2-5,8-9,12,25-26H,6-7,10-11,13H2,1H3;/q-1;. The van der Waals surface area contributed by atoms with Crippen LogP contribution in [0, 0.1) is 6.42 Å². The van der Waals surface area contributed by atoms with Gasteiger partial charge in [-0.3, -0.25) is 4.79 Å². The number of likely N-dealkylation sites (tertiary alicyclic amines) is 1. The van der Waals surface area contributed by atoms with Gasteiger partial charge in [-0.1, -0.05) is 30.3 Å². The molecule has 1 aliphatic rings. The molecule has 2 heterocycles. The number of phenols is 2. The van der Waals surface area contributed by atoms with E-state index in [1.165, 1.54) is 13.2 Å². The van der Waals surface area contributed by atoms with Gasteiger partial charge in [-0.25, -0.2) is 0 Å². The fourth-order valence-corrected chi connectivity index (χ4v) is 3.65. The molecule has 1 saturated heterocycles. The van der Waals surface area contributed by atoms with Gasteiger partial charge in [0.25, 0.3) is 0 Å². The Morgan fingerprint density at radius 1 is 1.14 bits per heavy atom. The number of aromatic hydroxyl groups is 2. The Hall–Kier alpha value is -1.89. The first-order valence-electron chi connectivity index (χ1n) is 9.28. The molecule has 1 aliphatic heterocycles. The van der Waals surface area contributed by atoms with Crippen LogP contribution >= 0.6 is 0 Å². The van der Waals surface area contributed by atoms with Gasteiger partial charge in [0.1, 0.15) is 16.9 Å². The maximum atomic E-state index is 12.8. The number of ether oxygens (including phenoxy) is 1. The van der Waals surface area contributed by atoms with E-state index < -0.39 is 0 Å². The fourth-order valence-electron chi connectivity index (χ4n) is 3.65. The Labute approximate surface area is 194 Å². The number of fused-ring (bicyclic) bond motifs is 1. The van der Waals surface area contributed by atoms with Crippen molar-refractivity contribution in [2.75, 3.05) is 20.2 Å². The summed E-state index contributed by atoms with van der Waals surface area (Å²) in [5.41, 5.74) is 0.658. The van der Waals surface area contributed by atoms with Crippen LogP contribution < -0.4 is 10.2 Å². The average molecular weight is 469 g/mol. The largest absolute Gasteiger partial charge is 0.507 e. The van der Waals surface area contributed by atoms with Crippen LogP contribution in [-0.2, 0) is 39.3 Å². The first-order valence-corrected chi connectivity index (χ1v) is 9.28. The summed E-state index contributed by atoms with van der Waals surface area (Å²) < 4.78 is 11.3. The number of piperidine rings is 1. The normalized spacial score (nSPS) is 14.5. The summed E-state index contributed by atoms with van der Waals surface area (Å²) in [4.78, 5) is 15.0. The zero-order chi connectivity index (χ0) is 19.7. The maximum Gasteiger partial charge on any atom is 0.205 e. The molecule has 0 bridgehead atoms. The third-order valence-corrected chi connectivity index (χ3v) is 5.12. The van der Waals surface area contributed by atoms with Crippen molar-refractivity contribution in [2.24, 2.45) is 0 Å². The van der Waals surface area contributed by atoms with Crippen LogP contribution in [0.15, 0.2) is 45.6 Å². The third-order valence-electron chi connectivity index (χ3n) is 5.12. The predicted octanol–water partition coefficient (Wildman–Crippen LogP) is 3.68. The van der Waals surface area contributed by atoms with E-state index in [2.05, 4.69) is 11.3 Å². The summed E-state index contributed by atoms with van der Waals surface area (Å²) in [7, 11) is 1.40. The zero-order valence-electron chi connectivity index (χ0n) is 16.2. The molecule has 4 rings (SSSR count). The van der Waals surface area contributed by atoms with Crippen LogP contribution in [0.3, 0.4) is 0 Å². The van der Waals surface area contributed by atoms with E-state index in [1.807, 2.05) is 30.3 Å². The minimum atomic E-state index is -0.385. The second kappa shape index (κ2) is 9.29. The van der Waals surface area contributed by atoms with E-state index in [4.69, 9.17) is 9.15 Å². The van der Waals surface area contributed by atoms with Crippen molar-refractivity contribution in [3.05, 3.63) is 58.6 Å². The quantitative estimate of drug-likeness (QED) is 0.568. The van der Waals surface area contributed by atoms with Crippen molar-refractivity contribution in [2.45, 2.75) is 19.4 Å². The van der Waals surface area contributed by atoms with E-state index in [9.17, 15) is 15.0 Å². The summed E-state index contributed by atoms with van der Waals surface area (Å²) in [5.74, 6) is -0.0533. The van der Waals surface area contributed by atoms with Crippen LogP contribution in [0.1, 0.15) is 18.4 Å². The van der Waals surface area contributed by atoms with E-state index in [0.29, 0.717) is 12.3 Å². The predicted molar refractivity (Wildman–Crippen MR) is 107 cm³/mol. The van der Waals surface area contributed by atoms with E-state index >= 15 is 0 Å². The van der Waals surface area contributed by atoms with Crippen molar-refractivity contribution >= 4 is 11.0 Å². The number of nitrogens with zero attached hydrogens (tertiary/aromatic N) is 1. The minimum absolute atomic E-state index is 0. The van der Waals surface area contributed by atoms with Gasteiger partial charge in [-0.05, 0) is 13.1 Å². The van der Waals surface area contributed by atoms with Crippen LogP contribution in [0.4, 0.5) is 0 Å². The Bertz CT molecular complexity index is 1060. The summed E-state index contributed by atoms with van der Waals surface area (Å²) in [6.07, 6.45) is 4.13. The molecular weight excluding hydrogens is 447 g/mol. The number of hydrogen-bond donors (Lipinski definition) is 2. The number of methoxy groups -OCH3 is 1. The monoisotopic (exact) mass is 469 g/mol. The topological polar surface area (TPSA) is 83.1 Å². The molecule has 0 atom stereocenters. The van der Waals surface area contributed by atoms with Gasteiger partial charge in [0.2, 0.25) is 5.75 Å². The Balaban J connectivity index is 0.00000240. The molecule has 6 nitrogen and oxygen atoms in total. The summed E-state index contributed by atoms with van der Waals surface area (Å²) >= 11 is 0. The van der Waals surface area contributed by atoms with Crippen LogP contribution in [0.5, 0.6) is 17.2 Å². The number of rotatable bonds is 4. The van der Waals surface area contributed by atoms with Crippen molar-refractivity contribution in [1.82, 2.24) is 4.90 Å². The van der Waals surface area contributed by atoms with Gasteiger partial charge < -0.3 is 30.7 Å². The van der Waals surface area contributed by atoms with E-state index in [0.717, 1.165) is 31.5 Å². The Kier molecular flexibility index (Phi) is 6.99. The maximum absolute atomic E-state index is 12.8. The summed E-state index contributed by atoms with van der Waals surface area (Å²) in [5, 5.41) is 21.6. The molecule has 29 heavy (non-hydrogen) atoms. The average Bonchev–Trinajstić information content (AvgIpc) is 2.72. The molecule has 0 amide bonds. The molecule has 0 aliphatic carbocycles. The molecule has 2 N–H and O–H groups in total. The zero-order valence-corrected chi connectivity index (χ0v) is 19.1. The molecule has 7 heteroatoms. The molecule has 0 saturated carbocycles. The van der Waals surface area contributed by atoms with Gasteiger partial charge in [-0.15, -0.1) is 0 Å². The molecule has 1 fully saturated rings. The second-order valence-electron chi connectivity index (χ2n) is 6.90. The first kappa shape index (κ1) is 21.8. The van der Waals surface area contributed by atoms with Crippen molar-refractivity contribution < 1.29 is 52.1 Å². The van der Waals surface area contributed by atoms with Gasteiger partial charge in [-0.2, -0.15) is 12.8 Å². The third kappa shape index (κ3) is 4.20. The number of phenolic OH excluding ortho intramolecular Hbond substituents is 2.